The number of aliphatic imine (C=N–C) groups is 1. The predicted molar refractivity (Wildman–Crippen MR) is 117 cm³/mol. The molecule has 0 saturated heterocycles. The van der Waals surface area contributed by atoms with Crippen LogP contribution in [0.1, 0.15) is 31.9 Å². The van der Waals surface area contributed by atoms with Gasteiger partial charge in [-0.05, 0) is 32.4 Å². The first kappa shape index (κ1) is 23.0. The molecule has 0 aliphatic carbocycles. The molecule has 0 unspecified atom stereocenters. The maximum absolute atomic E-state index is 11.7. The van der Waals surface area contributed by atoms with Crippen molar-refractivity contribution >= 4 is 12.1 Å². The summed E-state index contributed by atoms with van der Waals surface area (Å²) in [7, 11) is 1.69. The lowest BCUT2D eigenvalue weighted by molar-refractivity contribution is 0.0529. The number of pyridine rings is 1. The Hall–Kier alpha value is -3.29. The number of nitrogens with one attached hydrogen (secondary N) is 3. The van der Waals surface area contributed by atoms with Gasteiger partial charge < -0.3 is 25.4 Å². The van der Waals surface area contributed by atoms with Crippen LogP contribution >= 0.6 is 0 Å². The molecule has 30 heavy (non-hydrogen) atoms. The van der Waals surface area contributed by atoms with Crippen LogP contribution in [0.3, 0.4) is 0 Å². The second-order valence-corrected chi connectivity index (χ2v) is 7.52. The van der Waals surface area contributed by atoms with E-state index in [1.54, 1.807) is 13.2 Å². The lowest BCUT2D eigenvalue weighted by atomic mass is 10.2. The molecule has 0 radical (unpaired) electrons. The van der Waals surface area contributed by atoms with Crippen molar-refractivity contribution in [3.05, 3.63) is 59.8 Å². The van der Waals surface area contributed by atoms with Crippen LogP contribution < -0.4 is 20.7 Å². The number of alkyl carbamates (subject to hydrolysis) is 1. The third kappa shape index (κ3) is 8.81. The molecule has 0 aliphatic heterocycles. The highest BCUT2D eigenvalue weighted by molar-refractivity contribution is 5.79. The highest BCUT2D eigenvalue weighted by Gasteiger charge is 2.15. The molecule has 0 fully saturated rings. The smallest absolute Gasteiger partial charge is 0.407 e. The first-order valence-corrected chi connectivity index (χ1v) is 9.89. The van der Waals surface area contributed by atoms with Crippen LogP contribution in [0.4, 0.5) is 4.79 Å². The Balaban J connectivity index is 1.77. The van der Waals surface area contributed by atoms with Crippen molar-refractivity contribution in [3.63, 3.8) is 0 Å². The Labute approximate surface area is 178 Å². The summed E-state index contributed by atoms with van der Waals surface area (Å²) in [6.07, 6.45) is 1.27. The Bertz CT molecular complexity index is 819. The summed E-state index contributed by atoms with van der Waals surface area (Å²) in [6, 6.07) is 13.8. The van der Waals surface area contributed by atoms with E-state index in [0.717, 1.165) is 11.1 Å². The van der Waals surface area contributed by atoms with E-state index in [1.807, 2.05) is 63.2 Å². The molecular formula is C22H31N5O3. The summed E-state index contributed by atoms with van der Waals surface area (Å²) in [5.74, 6) is 1.19. The van der Waals surface area contributed by atoms with Crippen molar-refractivity contribution in [1.29, 1.82) is 0 Å². The van der Waals surface area contributed by atoms with Crippen LogP contribution in [-0.4, -0.2) is 42.8 Å². The highest BCUT2D eigenvalue weighted by atomic mass is 16.6. The number of amides is 1. The molecule has 2 rings (SSSR count). The van der Waals surface area contributed by atoms with Gasteiger partial charge in [0.25, 0.3) is 0 Å². The van der Waals surface area contributed by atoms with E-state index in [1.165, 1.54) is 0 Å². The van der Waals surface area contributed by atoms with Crippen molar-refractivity contribution in [3.8, 4) is 5.88 Å². The Morgan fingerprint density at radius 2 is 1.77 bits per heavy atom. The van der Waals surface area contributed by atoms with Crippen LogP contribution in [0.2, 0.25) is 0 Å². The molecule has 2 aromatic rings. The zero-order valence-corrected chi connectivity index (χ0v) is 18.1. The van der Waals surface area contributed by atoms with Crippen molar-refractivity contribution < 1.29 is 14.3 Å². The average molecular weight is 414 g/mol. The van der Waals surface area contributed by atoms with Crippen LogP contribution in [0.25, 0.3) is 0 Å². The van der Waals surface area contributed by atoms with E-state index >= 15 is 0 Å². The topological polar surface area (TPSA) is 96.9 Å². The zero-order valence-electron chi connectivity index (χ0n) is 18.1. The number of benzene rings is 1. The molecule has 0 spiro atoms. The minimum absolute atomic E-state index is 0.411. The van der Waals surface area contributed by atoms with Gasteiger partial charge in [-0.15, -0.1) is 0 Å². The second-order valence-electron chi connectivity index (χ2n) is 7.52. The third-order valence-electron chi connectivity index (χ3n) is 3.82. The fourth-order valence-electron chi connectivity index (χ4n) is 2.47. The fraction of sp³-hybridized carbons (Fsp3) is 0.409. The minimum atomic E-state index is -0.515. The largest absolute Gasteiger partial charge is 0.473 e. The van der Waals surface area contributed by atoms with E-state index in [4.69, 9.17) is 9.47 Å². The summed E-state index contributed by atoms with van der Waals surface area (Å²) in [5, 5.41) is 9.07. The van der Waals surface area contributed by atoms with E-state index < -0.39 is 11.7 Å². The average Bonchev–Trinajstić information content (AvgIpc) is 2.72. The summed E-state index contributed by atoms with van der Waals surface area (Å²) in [5.41, 5.74) is 1.49. The molecular weight excluding hydrogens is 382 g/mol. The van der Waals surface area contributed by atoms with Crippen molar-refractivity contribution in [1.82, 2.24) is 20.9 Å². The number of ether oxygens (including phenoxy) is 2. The minimum Gasteiger partial charge on any atom is -0.473 e. The molecule has 0 bridgehead atoms. The SMILES string of the molecule is CN=C(NCCNC(=O)OC(C)(C)C)NCc1cccnc1OCc1ccccc1. The summed E-state index contributed by atoms with van der Waals surface area (Å²) < 4.78 is 11.1. The number of hydrogen-bond donors (Lipinski definition) is 3. The van der Waals surface area contributed by atoms with E-state index in [0.29, 0.717) is 38.1 Å². The number of guanidine groups is 1. The van der Waals surface area contributed by atoms with Crippen molar-refractivity contribution in [2.24, 2.45) is 4.99 Å². The second kappa shape index (κ2) is 11.6. The number of hydrogen-bond acceptors (Lipinski definition) is 5. The molecule has 0 saturated carbocycles. The van der Waals surface area contributed by atoms with Crippen molar-refractivity contribution in [2.75, 3.05) is 20.1 Å². The standard InChI is InChI=1S/C22H31N5O3/c1-22(2,3)30-21(28)26-14-13-25-20(23-4)27-15-18-11-8-12-24-19(18)29-16-17-9-6-5-7-10-17/h5-12H,13-16H2,1-4H3,(H,26,28)(H2,23,25,27). The Morgan fingerprint density at radius 3 is 2.47 bits per heavy atom. The van der Waals surface area contributed by atoms with Crippen molar-refractivity contribution in [2.45, 2.75) is 39.5 Å². The van der Waals surface area contributed by atoms with Crippen LogP contribution in [0, 0.1) is 0 Å². The molecule has 162 valence electrons. The summed E-state index contributed by atoms with van der Waals surface area (Å²) in [4.78, 5) is 20.2. The molecule has 1 heterocycles. The van der Waals surface area contributed by atoms with E-state index in [2.05, 4.69) is 25.9 Å². The van der Waals surface area contributed by atoms with Gasteiger partial charge in [0.1, 0.15) is 12.2 Å². The monoisotopic (exact) mass is 413 g/mol. The fourth-order valence-corrected chi connectivity index (χ4v) is 2.47. The molecule has 0 aliphatic rings. The molecule has 1 amide bonds. The lowest BCUT2D eigenvalue weighted by Crippen LogP contribution is -2.42. The first-order valence-electron chi connectivity index (χ1n) is 9.89. The molecule has 1 aromatic heterocycles. The third-order valence-corrected chi connectivity index (χ3v) is 3.82. The van der Waals surface area contributed by atoms with Gasteiger partial charge in [0.05, 0.1) is 0 Å². The van der Waals surface area contributed by atoms with Gasteiger partial charge in [0, 0.05) is 38.4 Å². The van der Waals surface area contributed by atoms with Gasteiger partial charge in [-0.1, -0.05) is 36.4 Å². The molecule has 8 heteroatoms. The number of nitrogens with zero attached hydrogens (tertiary/aromatic N) is 2. The molecule has 3 N–H and O–H groups in total. The predicted octanol–water partition coefficient (Wildman–Crippen LogP) is 2.85. The number of rotatable bonds is 8. The zero-order chi connectivity index (χ0) is 21.8. The highest BCUT2D eigenvalue weighted by Crippen LogP contribution is 2.15. The summed E-state index contributed by atoms with van der Waals surface area (Å²) >= 11 is 0. The van der Waals surface area contributed by atoms with Gasteiger partial charge >= 0.3 is 6.09 Å². The van der Waals surface area contributed by atoms with E-state index in [9.17, 15) is 4.79 Å². The lowest BCUT2D eigenvalue weighted by Gasteiger charge is -2.20. The molecule has 0 atom stereocenters. The number of aromatic nitrogens is 1. The van der Waals surface area contributed by atoms with Crippen LogP contribution in [0.5, 0.6) is 5.88 Å². The van der Waals surface area contributed by atoms with Crippen LogP contribution in [-0.2, 0) is 17.9 Å². The first-order chi connectivity index (χ1) is 14.4. The number of carbonyl (C=O) groups is 1. The molecule has 1 aromatic carbocycles. The van der Waals surface area contributed by atoms with Gasteiger partial charge in [0.2, 0.25) is 5.88 Å². The van der Waals surface area contributed by atoms with E-state index in [-0.39, 0.29) is 0 Å². The van der Waals surface area contributed by atoms with Gasteiger partial charge in [-0.25, -0.2) is 9.78 Å². The quantitative estimate of drug-likeness (QED) is 0.350. The maximum Gasteiger partial charge on any atom is 0.407 e. The van der Waals surface area contributed by atoms with Gasteiger partial charge in [-0.2, -0.15) is 0 Å². The Kier molecular flexibility index (Phi) is 8.93. The van der Waals surface area contributed by atoms with Crippen LogP contribution in [0.15, 0.2) is 53.7 Å². The summed E-state index contributed by atoms with van der Waals surface area (Å²) in [6.45, 7) is 7.34. The Morgan fingerprint density at radius 1 is 1.03 bits per heavy atom. The maximum atomic E-state index is 11.7. The molecule has 8 nitrogen and oxygen atoms in total. The number of carbonyl (C=O) groups excluding carboxylic acids is 1. The normalized spacial score (nSPS) is 11.5. The van der Waals surface area contributed by atoms with Gasteiger partial charge in [0.15, 0.2) is 5.96 Å². The van der Waals surface area contributed by atoms with Gasteiger partial charge in [-0.3, -0.25) is 4.99 Å².